The third kappa shape index (κ3) is 4.06. The second kappa shape index (κ2) is 6.02. The molecule has 3 atom stereocenters. The summed E-state index contributed by atoms with van der Waals surface area (Å²) in [5.41, 5.74) is 0.322. The minimum atomic E-state index is -0.289. The SMILES string of the molecule is CC[C@H](O)CO[C@H]1CCCC[C@H]1C(C)(C)C. The first-order valence-corrected chi connectivity index (χ1v) is 6.74. The van der Waals surface area contributed by atoms with E-state index in [1.165, 1.54) is 25.7 Å². The van der Waals surface area contributed by atoms with Crippen molar-refractivity contribution in [2.75, 3.05) is 6.61 Å². The second-order valence-electron chi connectivity index (χ2n) is 6.19. The first-order chi connectivity index (χ1) is 7.45. The minimum absolute atomic E-state index is 0.289. The van der Waals surface area contributed by atoms with Gasteiger partial charge in [0.25, 0.3) is 0 Å². The molecule has 0 radical (unpaired) electrons. The lowest BCUT2D eigenvalue weighted by atomic mass is 9.70. The van der Waals surface area contributed by atoms with E-state index in [0.717, 1.165) is 6.42 Å². The van der Waals surface area contributed by atoms with E-state index in [1.54, 1.807) is 0 Å². The van der Waals surface area contributed by atoms with Gasteiger partial charge in [-0.2, -0.15) is 0 Å². The summed E-state index contributed by atoms with van der Waals surface area (Å²) in [5, 5.41) is 9.55. The normalized spacial score (nSPS) is 29.1. The van der Waals surface area contributed by atoms with Crippen molar-refractivity contribution in [2.24, 2.45) is 11.3 Å². The summed E-state index contributed by atoms with van der Waals surface area (Å²) >= 11 is 0. The predicted octanol–water partition coefficient (Wildman–Crippen LogP) is 3.38. The maximum absolute atomic E-state index is 9.55. The van der Waals surface area contributed by atoms with Gasteiger partial charge in [-0.3, -0.25) is 0 Å². The van der Waals surface area contributed by atoms with Gasteiger partial charge >= 0.3 is 0 Å². The van der Waals surface area contributed by atoms with Crippen LogP contribution >= 0.6 is 0 Å². The molecule has 1 aliphatic rings. The van der Waals surface area contributed by atoms with Crippen molar-refractivity contribution >= 4 is 0 Å². The highest BCUT2D eigenvalue weighted by atomic mass is 16.5. The fourth-order valence-corrected chi connectivity index (χ4v) is 2.64. The lowest BCUT2D eigenvalue weighted by Gasteiger charge is -2.40. The molecule has 0 amide bonds. The Morgan fingerprint density at radius 3 is 2.44 bits per heavy atom. The summed E-state index contributed by atoms with van der Waals surface area (Å²) < 4.78 is 5.92. The standard InChI is InChI=1S/C14H28O2/c1-5-11(15)10-16-13-9-7-6-8-12(13)14(2,3)4/h11-13,15H,5-10H2,1-4H3/t11-,12+,13-/m0/s1. The Kier molecular flexibility index (Phi) is 5.26. The molecule has 0 aromatic carbocycles. The lowest BCUT2D eigenvalue weighted by Crippen LogP contribution is -2.38. The van der Waals surface area contributed by atoms with Crippen LogP contribution in [-0.4, -0.2) is 23.9 Å². The summed E-state index contributed by atoms with van der Waals surface area (Å²) in [7, 11) is 0. The van der Waals surface area contributed by atoms with Crippen LogP contribution in [0.4, 0.5) is 0 Å². The van der Waals surface area contributed by atoms with Crippen LogP contribution in [0.3, 0.4) is 0 Å². The largest absolute Gasteiger partial charge is 0.391 e. The molecule has 2 nitrogen and oxygen atoms in total. The Morgan fingerprint density at radius 1 is 1.25 bits per heavy atom. The third-order valence-electron chi connectivity index (χ3n) is 3.79. The average molecular weight is 228 g/mol. The number of hydrogen-bond donors (Lipinski definition) is 1. The fraction of sp³-hybridized carbons (Fsp3) is 1.00. The van der Waals surface area contributed by atoms with Crippen LogP contribution in [0, 0.1) is 11.3 Å². The van der Waals surface area contributed by atoms with E-state index < -0.39 is 0 Å². The molecule has 2 heteroatoms. The number of aliphatic hydroxyl groups excluding tert-OH is 1. The van der Waals surface area contributed by atoms with Crippen LogP contribution in [0.1, 0.15) is 59.8 Å². The third-order valence-corrected chi connectivity index (χ3v) is 3.79. The summed E-state index contributed by atoms with van der Waals surface area (Å²) in [5.74, 6) is 0.644. The van der Waals surface area contributed by atoms with Crippen molar-refractivity contribution < 1.29 is 9.84 Å². The summed E-state index contributed by atoms with van der Waals surface area (Å²) in [6, 6.07) is 0. The molecule has 0 saturated heterocycles. The molecule has 0 spiro atoms. The molecule has 1 rings (SSSR count). The van der Waals surface area contributed by atoms with E-state index >= 15 is 0 Å². The Balaban J connectivity index is 2.47. The van der Waals surface area contributed by atoms with Gasteiger partial charge < -0.3 is 9.84 Å². The molecular weight excluding hydrogens is 200 g/mol. The second-order valence-corrected chi connectivity index (χ2v) is 6.19. The molecule has 0 aliphatic heterocycles. The summed E-state index contributed by atoms with van der Waals surface area (Å²) in [6.07, 6.45) is 5.90. The average Bonchev–Trinajstić information content (AvgIpc) is 2.25. The molecule has 1 fully saturated rings. The van der Waals surface area contributed by atoms with Gasteiger partial charge in [0.05, 0.1) is 18.8 Å². The Bertz CT molecular complexity index is 195. The van der Waals surface area contributed by atoms with Crippen LogP contribution in [0.15, 0.2) is 0 Å². The molecule has 1 N–H and O–H groups in total. The Morgan fingerprint density at radius 2 is 1.88 bits per heavy atom. The van der Waals surface area contributed by atoms with E-state index in [2.05, 4.69) is 20.8 Å². The number of ether oxygens (including phenoxy) is 1. The maximum Gasteiger partial charge on any atom is 0.0771 e. The molecule has 0 aromatic heterocycles. The highest BCUT2D eigenvalue weighted by molar-refractivity contribution is 4.84. The molecular formula is C14H28O2. The summed E-state index contributed by atoms with van der Waals surface area (Å²) in [6.45, 7) is 9.41. The smallest absolute Gasteiger partial charge is 0.0771 e. The van der Waals surface area contributed by atoms with E-state index in [-0.39, 0.29) is 6.10 Å². The van der Waals surface area contributed by atoms with Gasteiger partial charge in [-0.05, 0) is 30.6 Å². The van der Waals surface area contributed by atoms with Crippen LogP contribution in [0.2, 0.25) is 0 Å². The van der Waals surface area contributed by atoms with Crippen LogP contribution in [0.5, 0.6) is 0 Å². The van der Waals surface area contributed by atoms with Gasteiger partial charge in [0.15, 0.2) is 0 Å². The topological polar surface area (TPSA) is 29.5 Å². The van der Waals surface area contributed by atoms with Crippen LogP contribution in [0.25, 0.3) is 0 Å². The maximum atomic E-state index is 9.55. The Hall–Kier alpha value is -0.0800. The van der Waals surface area contributed by atoms with Crippen molar-refractivity contribution in [2.45, 2.75) is 72.0 Å². The van der Waals surface area contributed by atoms with Crippen molar-refractivity contribution in [3.63, 3.8) is 0 Å². The highest BCUT2D eigenvalue weighted by Gasteiger charge is 2.34. The van der Waals surface area contributed by atoms with E-state index in [1.807, 2.05) is 6.92 Å². The molecule has 0 unspecified atom stereocenters. The van der Waals surface area contributed by atoms with Crippen molar-refractivity contribution in [1.82, 2.24) is 0 Å². The molecule has 0 heterocycles. The fourth-order valence-electron chi connectivity index (χ4n) is 2.64. The molecule has 0 bridgehead atoms. The molecule has 0 aromatic rings. The van der Waals surface area contributed by atoms with Crippen molar-refractivity contribution in [3.05, 3.63) is 0 Å². The van der Waals surface area contributed by atoms with Crippen LogP contribution < -0.4 is 0 Å². The van der Waals surface area contributed by atoms with Gasteiger partial charge in [-0.15, -0.1) is 0 Å². The zero-order valence-electron chi connectivity index (χ0n) is 11.3. The molecule has 1 aliphatic carbocycles. The highest BCUT2D eigenvalue weighted by Crippen LogP contribution is 2.39. The summed E-state index contributed by atoms with van der Waals surface area (Å²) in [4.78, 5) is 0. The molecule has 1 saturated carbocycles. The van der Waals surface area contributed by atoms with Gasteiger partial charge in [0, 0.05) is 0 Å². The van der Waals surface area contributed by atoms with Gasteiger partial charge in [0.1, 0.15) is 0 Å². The molecule has 96 valence electrons. The van der Waals surface area contributed by atoms with E-state index in [4.69, 9.17) is 4.74 Å². The Labute approximate surface area is 100 Å². The van der Waals surface area contributed by atoms with Gasteiger partial charge in [0.2, 0.25) is 0 Å². The zero-order chi connectivity index (χ0) is 12.2. The first kappa shape index (κ1) is 14.0. The first-order valence-electron chi connectivity index (χ1n) is 6.74. The van der Waals surface area contributed by atoms with Crippen molar-refractivity contribution in [1.29, 1.82) is 0 Å². The number of rotatable bonds is 4. The number of aliphatic hydroxyl groups is 1. The van der Waals surface area contributed by atoms with Crippen LogP contribution in [-0.2, 0) is 4.74 Å². The monoisotopic (exact) mass is 228 g/mol. The minimum Gasteiger partial charge on any atom is -0.391 e. The van der Waals surface area contributed by atoms with Gasteiger partial charge in [-0.25, -0.2) is 0 Å². The predicted molar refractivity (Wildman–Crippen MR) is 67.5 cm³/mol. The van der Waals surface area contributed by atoms with Crippen molar-refractivity contribution in [3.8, 4) is 0 Å². The lowest BCUT2D eigenvalue weighted by molar-refractivity contribution is -0.0756. The zero-order valence-corrected chi connectivity index (χ0v) is 11.3. The van der Waals surface area contributed by atoms with E-state index in [0.29, 0.717) is 24.0 Å². The quantitative estimate of drug-likeness (QED) is 0.799. The number of hydrogen-bond acceptors (Lipinski definition) is 2. The molecule has 16 heavy (non-hydrogen) atoms. The van der Waals surface area contributed by atoms with E-state index in [9.17, 15) is 5.11 Å². The van der Waals surface area contributed by atoms with Gasteiger partial charge in [-0.1, -0.05) is 40.5 Å².